The second-order valence-corrected chi connectivity index (χ2v) is 7.44. The maximum atomic E-state index is 12.3. The third-order valence-corrected chi connectivity index (χ3v) is 4.89. The van der Waals surface area contributed by atoms with E-state index in [1.807, 2.05) is 24.3 Å². The first-order valence-corrected chi connectivity index (χ1v) is 10.3. The van der Waals surface area contributed by atoms with Gasteiger partial charge in [0.2, 0.25) is 5.91 Å². The maximum absolute atomic E-state index is 12.3. The van der Waals surface area contributed by atoms with E-state index in [2.05, 4.69) is 27.8 Å². The molecule has 0 unspecified atom stereocenters. The van der Waals surface area contributed by atoms with Crippen molar-refractivity contribution in [2.24, 2.45) is 0 Å². The van der Waals surface area contributed by atoms with E-state index in [0.29, 0.717) is 12.0 Å². The predicted molar refractivity (Wildman–Crippen MR) is 115 cm³/mol. The average Bonchev–Trinajstić information content (AvgIpc) is 2.84. The van der Waals surface area contributed by atoms with Gasteiger partial charge in [0.25, 0.3) is 0 Å². The quantitative estimate of drug-likeness (QED) is 0.607. The fraction of sp³-hybridized carbons (Fsp3) is 0.348. The number of carbonyl (C=O) groups excluding carboxylic acids is 1. The molecule has 1 saturated heterocycles. The van der Waals surface area contributed by atoms with Crippen molar-refractivity contribution >= 4 is 11.9 Å². The van der Waals surface area contributed by atoms with Crippen molar-refractivity contribution in [3.63, 3.8) is 0 Å². The third kappa shape index (κ3) is 8.19. The molecular formula is C23H22F3N5O3. The Labute approximate surface area is 194 Å². The number of nitrogens with zero attached hydrogens (tertiary/aromatic N) is 3. The van der Waals surface area contributed by atoms with Gasteiger partial charge in [-0.2, -0.15) is 23.7 Å². The number of pyridine rings is 1. The van der Waals surface area contributed by atoms with Crippen LogP contribution in [-0.2, 0) is 16.0 Å². The topological polar surface area (TPSA) is 139 Å². The highest BCUT2D eigenvalue weighted by Crippen LogP contribution is 2.19. The zero-order valence-corrected chi connectivity index (χ0v) is 18.0. The van der Waals surface area contributed by atoms with Crippen LogP contribution in [0.2, 0.25) is 0 Å². The summed E-state index contributed by atoms with van der Waals surface area (Å²) in [4.78, 5) is 25.6. The van der Waals surface area contributed by atoms with Gasteiger partial charge in [-0.15, -0.1) is 0 Å². The van der Waals surface area contributed by atoms with Crippen molar-refractivity contribution in [2.75, 3.05) is 6.54 Å². The number of hydrogen-bond donors (Lipinski definition) is 3. The van der Waals surface area contributed by atoms with Crippen LogP contribution in [0.25, 0.3) is 11.3 Å². The van der Waals surface area contributed by atoms with Gasteiger partial charge in [0.15, 0.2) is 0 Å². The van der Waals surface area contributed by atoms with E-state index >= 15 is 0 Å². The zero-order chi connectivity index (χ0) is 25.1. The molecule has 0 aliphatic carbocycles. The summed E-state index contributed by atoms with van der Waals surface area (Å²) in [6.45, 7) is 0.841. The molecule has 0 saturated carbocycles. The minimum atomic E-state index is -5.08. The molecule has 2 atom stereocenters. The monoisotopic (exact) mass is 473 g/mol. The number of piperidine rings is 1. The van der Waals surface area contributed by atoms with Crippen LogP contribution >= 0.6 is 0 Å². The van der Waals surface area contributed by atoms with E-state index in [1.165, 1.54) is 0 Å². The average molecular weight is 473 g/mol. The molecule has 1 aromatic carbocycles. The van der Waals surface area contributed by atoms with Gasteiger partial charge in [-0.25, -0.2) is 4.79 Å². The Bertz CT molecular complexity index is 1070. The molecule has 1 amide bonds. The molecule has 3 rings (SSSR count). The third-order valence-electron chi connectivity index (χ3n) is 4.89. The molecular weight excluding hydrogens is 451 g/mol. The molecule has 11 heteroatoms. The number of benzene rings is 1. The fourth-order valence-corrected chi connectivity index (χ4v) is 3.18. The van der Waals surface area contributed by atoms with Crippen LogP contribution in [-0.4, -0.2) is 46.8 Å². The van der Waals surface area contributed by atoms with Crippen LogP contribution in [0.15, 0.2) is 42.6 Å². The predicted octanol–water partition coefficient (Wildman–Crippen LogP) is 2.95. The summed E-state index contributed by atoms with van der Waals surface area (Å²) in [5.74, 6) is -2.87. The number of carboxylic acid groups (broad SMARTS) is 1. The van der Waals surface area contributed by atoms with Crippen molar-refractivity contribution in [3.8, 4) is 23.4 Å². The first-order valence-electron chi connectivity index (χ1n) is 10.3. The minimum Gasteiger partial charge on any atom is -0.475 e. The lowest BCUT2D eigenvalue weighted by Gasteiger charge is -2.23. The number of alkyl halides is 3. The number of nitrogens with one attached hydrogen (secondary N) is 2. The normalized spacial score (nSPS) is 16.1. The number of nitriles is 2. The summed E-state index contributed by atoms with van der Waals surface area (Å²) < 4.78 is 31.7. The molecule has 0 spiro atoms. The zero-order valence-electron chi connectivity index (χ0n) is 18.0. The number of rotatable bonds is 5. The van der Waals surface area contributed by atoms with Crippen LogP contribution < -0.4 is 10.6 Å². The number of aromatic nitrogens is 1. The van der Waals surface area contributed by atoms with Gasteiger partial charge < -0.3 is 15.7 Å². The first-order chi connectivity index (χ1) is 16.1. The maximum Gasteiger partial charge on any atom is 0.490 e. The summed E-state index contributed by atoms with van der Waals surface area (Å²) in [7, 11) is 0. The molecule has 178 valence electrons. The van der Waals surface area contributed by atoms with Gasteiger partial charge >= 0.3 is 12.1 Å². The van der Waals surface area contributed by atoms with Gasteiger partial charge in [-0.3, -0.25) is 9.78 Å². The lowest BCUT2D eigenvalue weighted by molar-refractivity contribution is -0.192. The number of halogens is 3. The number of aliphatic carboxylic acids is 1. The van der Waals surface area contributed by atoms with Gasteiger partial charge in [0.05, 0.1) is 29.4 Å². The van der Waals surface area contributed by atoms with E-state index < -0.39 is 18.2 Å². The molecule has 2 aromatic rings. The molecule has 34 heavy (non-hydrogen) atoms. The Kier molecular flexibility index (Phi) is 9.53. The van der Waals surface area contributed by atoms with Crippen molar-refractivity contribution in [1.82, 2.24) is 15.6 Å². The van der Waals surface area contributed by atoms with E-state index in [9.17, 15) is 23.2 Å². The highest BCUT2D eigenvalue weighted by molar-refractivity contribution is 5.82. The summed E-state index contributed by atoms with van der Waals surface area (Å²) in [6, 6.07) is 14.5. The van der Waals surface area contributed by atoms with Crippen LogP contribution in [0.3, 0.4) is 0 Å². The van der Waals surface area contributed by atoms with Crippen LogP contribution in [0.1, 0.15) is 30.4 Å². The number of hydrogen-bond acceptors (Lipinski definition) is 6. The first kappa shape index (κ1) is 26.3. The van der Waals surface area contributed by atoms with Crippen molar-refractivity contribution in [2.45, 2.75) is 43.9 Å². The number of amides is 1. The molecule has 1 aliphatic heterocycles. The van der Waals surface area contributed by atoms with Gasteiger partial charge in [0.1, 0.15) is 6.04 Å². The van der Waals surface area contributed by atoms with E-state index in [-0.39, 0.29) is 11.9 Å². The van der Waals surface area contributed by atoms with Crippen LogP contribution in [0.4, 0.5) is 13.2 Å². The SMILES string of the molecule is N#Cc1cccc(-c2ccc(C[C@@H](C#N)NC(=O)[C@@H]3CCCCN3)cn2)c1.O=C(O)C(F)(F)F. The fourth-order valence-electron chi connectivity index (χ4n) is 3.18. The Morgan fingerprint density at radius 3 is 2.50 bits per heavy atom. The van der Waals surface area contributed by atoms with E-state index in [4.69, 9.17) is 15.2 Å². The molecule has 8 nitrogen and oxygen atoms in total. The Hall–Kier alpha value is -3.96. The Morgan fingerprint density at radius 2 is 1.97 bits per heavy atom. The molecule has 1 aliphatic rings. The minimum absolute atomic E-state index is 0.112. The lowest BCUT2D eigenvalue weighted by atomic mass is 10.0. The van der Waals surface area contributed by atoms with Crippen LogP contribution in [0.5, 0.6) is 0 Å². The van der Waals surface area contributed by atoms with Crippen LogP contribution in [0, 0.1) is 22.7 Å². The molecule has 3 N–H and O–H groups in total. The molecule has 1 aromatic heterocycles. The summed E-state index contributed by atoms with van der Waals surface area (Å²) in [5, 5.41) is 31.5. The number of carbonyl (C=O) groups is 2. The second-order valence-electron chi connectivity index (χ2n) is 7.44. The highest BCUT2D eigenvalue weighted by Gasteiger charge is 2.38. The van der Waals surface area contributed by atoms with Crippen molar-refractivity contribution in [3.05, 3.63) is 53.7 Å². The van der Waals surface area contributed by atoms with Gasteiger partial charge in [-0.05, 0) is 43.1 Å². The van der Waals surface area contributed by atoms with Crippen molar-refractivity contribution < 1.29 is 27.9 Å². The van der Waals surface area contributed by atoms with Gasteiger partial charge in [0, 0.05) is 18.2 Å². The summed E-state index contributed by atoms with van der Waals surface area (Å²) in [6.07, 6.45) is -0.0480. The summed E-state index contributed by atoms with van der Waals surface area (Å²) >= 11 is 0. The summed E-state index contributed by atoms with van der Waals surface area (Å²) in [5.41, 5.74) is 3.09. The molecule has 1 fully saturated rings. The smallest absolute Gasteiger partial charge is 0.475 e. The number of carboxylic acids is 1. The Balaban J connectivity index is 0.000000509. The highest BCUT2D eigenvalue weighted by atomic mass is 19.4. The largest absolute Gasteiger partial charge is 0.490 e. The Morgan fingerprint density at radius 1 is 1.24 bits per heavy atom. The van der Waals surface area contributed by atoms with Crippen molar-refractivity contribution in [1.29, 1.82) is 10.5 Å². The molecule has 0 bridgehead atoms. The van der Waals surface area contributed by atoms with Gasteiger partial charge in [-0.1, -0.05) is 24.6 Å². The molecule has 2 heterocycles. The second kappa shape index (κ2) is 12.3. The van der Waals surface area contributed by atoms with E-state index in [1.54, 1.807) is 18.3 Å². The molecule has 0 radical (unpaired) electrons. The van der Waals surface area contributed by atoms with E-state index in [0.717, 1.165) is 42.6 Å². The lowest BCUT2D eigenvalue weighted by Crippen LogP contribution is -2.49. The standard InChI is InChI=1S/C21H21N5O.C2HF3O2/c22-12-15-4-3-5-17(10-15)19-8-7-16(14-25-19)11-18(13-23)26-21(27)20-6-1-2-9-24-20;3-2(4,5)1(6)7/h3-5,7-8,10,14,18,20,24H,1-2,6,9,11H2,(H,26,27);(H,6,7)/t18-,20-;/m0./s1.